The number of carbonyl (C=O) groups excluding carboxylic acids is 1. The van der Waals surface area contributed by atoms with Gasteiger partial charge in [-0.05, 0) is 11.6 Å². The number of ether oxygens (including phenoxy) is 1. The van der Waals surface area contributed by atoms with Crippen molar-refractivity contribution in [2.24, 2.45) is 4.52 Å². The second kappa shape index (κ2) is 4.29. The molecule has 2 unspecified atom stereocenters. The van der Waals surface area contributed by atoms with E-state index in [1.54, 1.807) is 24.3 Å². The molecule has 1 fully saturated rings. The van der Waals surface area contributed by atoms with Crippen LogP contribution < -0.4 is 10.1 Å². The van der Waals surface area contributed by atoms with E-state index in [1.807, 2.05) is 0 Å². The molecule has 2 amide bonds. The molecule has 1 N–H and O–H groups in total. The summed E-state index contributed by atoms with van der Waals surface area (Å²) in [6.07, 6.45) is 0. The Morgan fingerprint density at radius 3 is 2.95 bits per heavy atom. The standard InChI is InChI=1S/C10H9N5O4S/c11-13-14-20(17,18)15-9-6-3-1-2-4-8(6)19-5-7(9)12-10(15)16/h1-4,7,9H,5H2,(H,12,16). The second-order valence-corrected chi connectivity index (χ2v) is 5.75. The normalized spacial score (nSPS) is 24.0. The molecular weight excluding hydrogens is 286 g/mol. The van der Waals surface area contributed by atoms with Crippen LogP contribution in [0.25, 0.3) is 10.4 Å². The molecule has 0 bridgehead atoms. The Hall–Kier alpha value is -2.45. The summed E-state index contributed by atoms with van der Waals surface area (Å²) in [6, 6.07) is 4.70. The van der Waals surface area contributed by atoms with Gasteiger partial charge in [0.2, 0.25) is 0 Å². The van der Waals surface area contributed by atoms with Crippen LogP contribution >= 0.6 is 0 Å². The van der Waals surface area contributed by atoms with Crippen LogP contribution in [0.5, 0.6) is 5.75 Å². The van der Waals surface area contributed by atoms with Crippen molar-refractivity contribution in [1.29, 1.82) is 0 Å². The highest BCUT2D eigenvalue weighted by Crippen LogP contribution is 2.40. The van der Waals surface area contributed by atoms with Gasteiger partial charge in [-0.1, -0.05) is 18.2 Å². The van der Waals surface area contributed by atoms with E-state index in [0.717, 1.165) is 0 Å². The first-order valence-electron chi connectivity index (χ1n) is 5.67. The van der Waals surface area contributed by atoms with Gasteiger partial charge in [0.15, 0.2) is 0 Å². The highest BCUT2D eigenvalue weighted by atomic mass is 32.2. The minimum absolute atomic E-state index is 0.149. The number of urea groups is 1. The van der Waals surface area contributed by atoms with Crippen molar-refractivity contribution in [3.05, 3.63) is 40.3 Å². The molecule has 10 heteroatoms. The molecule has 2 atom stereocenters. The first-order chi connectivity index (χ1) is 9.54. The van der Waals surface area contributed by atoms with Gasteiger partial charge in [-0.2, -0.15) is 8.42 Å². The lowest BCUT2D eigenvalue weighted by atomic mass is 9.98. The second-order valence-electron chi connectivity index (χ2n) is 4.29. The van der Waals surface area contributed by atoms with Gasteiger partial charge in [-0.3, -0.25) is 0 Å². The first kappa shape index (κ1) is 12.6. The maximum atomic E-state index is 11.9. The lowest BCUT2D eigenvalue weighted by molar-refractivity contribution is 0.215. The number of para-hydroxylation sites is 1. The molecule has 2 heterocycles. The summed E-state index contributed by atoms with van der Waals surface area (Å²) in [6.45, 7) is 0.149. The predicted molar refractivity (Wildman–Crippen MR) is 66.9 cm³/mol. The van der Waals surface area contributed by atoms with Gasteiger partial charge in [-0.15, -0.1) is 0 Å². The average Bonchev–Trinajstić information content (AvgIpc) is 2.76. The van der Waals surface area contributed by atoms with Crippen LogP contribution in [0.2, 0.25) is 0 Å². The summed E-state index contributed by atoms with van der Waals surface area (Å²) in [5.41, 5.74) is 8.89. The molecule has 0 aromatic heterocycles. The fourth-order valence-corrected chi connectivity index (χ4v) is 3.42. The molecule has 0 aliphatic carbocycles. The molecule has 1 aromatic rings. The van der Waals surface area contributed by atoms with Crippen molar-refractivity contribution in [1.82, 2.24) is 9.62 Å². The number of hydrogen-bond acceptors (Lipinski definition) is 4. The van der Waals surface area contributed by atoms with E-state index in [-0.39, 0.29) is 6.61 Å². The summed E-state index contributed by atoms with van der Waals surface area (Å²) in [7, 11) is -4.40. The van der Waals surface area contributed by atoms with Crippen LogP contribution in [-0.4, -0.2) is 31.4 Å². The Kier molecular flexibility index (Phi) is 2.70. The SMILES string of the molecule is [N-]=[N+]=NS(=O)(=O)N1C(=O)NC2COc3ccccc3C21. The van der Waals surface area contributed by atoms with E-state index >= 15 is 0 Å². The topological polar surface area (TPSA) is 124 Å². The quantitative estimate of drug-likeness (QED) is 0.497. The average molecular weight is 295 g/mol. The Bertz CT molecular complexity index is 727. The van der Waals surface area contributed by atoms with Crippen molar-refractivity contribution in [3.8, 4) is 5.75 Å². The van der Waals surface area contributed by atoms with Crippen molar-refractivity contribution in [3.63, 3.8) is 0 Å². The van der Waals surface area contributed by atoms with Gasteiger partial charge in [0.25, 0.3) is 0 Å². The smallest absolute Gasteiger partial charge is 0.332 e. The van der Waals surface area contributed by atoms with Gasteiger partial charge < -0.3 is 10.1 Å². The molecule has 0 spiro atoms. The number of rotatable bonds is 2. The minimum Gasteiger partial charge on any atom is -0.491 e. The number of amides is 2. The number of nitrogens with zero attached hydrogens (tertiary/aromatic N) is 4. The molecular formula is C10H9N5O4S. The molecule has 0 radical (unpaired) electrons. The number of azide groups is 1. The Balaban J connectivity index is 2.14. The van der Waals surface area contributed by atoms with Gasteiger partial charge in [0.05, 0.1) is 10.6 Å². The van der Waals surface area contributed by atoms with Gasteiger partial charge in [0, 0.05) is 10.5 Å². The van der Waals surface area contributed by atoms with E-state index in [9.17, 15) is 13.2 Å². The lowest BCUT2D eigenvalue weighted by Gasteiger charge is -2.30. The lowest BCUT2D eigenvalue weighted by Crippen LogP contribution is -2.38. The van der Waals surface area contributed by atoms with Crippen LogP contribution in [0.15, 0.2) is 28.8 Å². The van der Waals surface area contributed by atoms with Crippen LogP contribution in [0.4, 0.5) is 4.79 Å². The van der Waals surface area contributed by atoms with Gasteiger partial charge >= 0.3 is 16.2 Å². The zero-order valence-electron chi connectivity index (χ0n) is 10.0. The molecule has 3 rings (SSSR count). The molecule has 9 nitrogen and oxygen atoms in total. The molecule has 0 saturated carbocycles. The fourth-order valence-electron chi connectivity index (χ4n) is 2.44. The van der Waals surface area contributed by atoms with E-state index in [0.29, 0.717) is 15.6 Å². The third kappa shape index (κ3) is 1.74. The van der Waals surface area contributed by atoms with Gasteiger partial charge in [0.1, 0.15) is 18.4 Å². The Morgan fingerprint density at radius 1 is 1.45 bits per heavy atom. The zero-order valence-corrected chi connectivity index (χ0v) is 10.8. The van der Waals surface area contributed by atoms with Gasteiger partial charge in [-0.25, -0.2) is 9.10 Å². The summed E-state index contributed by atoms with van der Waals surface area (Å²) in [5, 5.41) is 2.51. The van der Waals surface area contributed by atoms with Crippen molar-refractivity contribution < 1.29 is 17.9 Å². The van der Waals surface area contributed by atoms with Crippen molar-refractivity contribution in [2.45, 2.75) is 12.1 Å². The van der Waals surface area contributed by atoms with E-state index in [4.69, 9.17) is 10.3 Å². The highest BCUT2D eigenvalue weighted by Gasteiger charge is 2.49. The molecule has 1 aromatic carbocycles. The zero-order chi connectivity index (χ0) is 14.3. The highest BCUT2D eigenvalue weighted by molar-refractivity contribution is 7.88. The summed E-state index contributed by atoms with van der Waals surface area (Å²) >= 11 is 0. The molecule has 2 aliphatic heterocycles. The molecule has 1 saturated heterocycles. The van der Waals surface area contributed by atoms with Crippen molar-refractivity contribution in [2.75, 3.05) is 6.61 Å². The fraction of sp³-hybridized carbons (Fsp3) is 0.300. The van der Waals surface area contributed by atoms with Crippen LogP contribution in [0.3, 0.4) is 0 Å². The first-order valence-corrected chi connectivity index (χ1v) is 7.07. The third-order valence-corrected chi connectivity index (χ3v) is 4.36. The maximum Gasteiger partial charge on any atom is 0.332 e. The van der Waals surface area contributed by atoms with Crippen molar-refractivity contribution >= 4 is 16.2 Å². The number of nitrogens with one attached hydrogen (secondary N) is 1. The third-order valence-electron chi connectivity index (χ3n) is 3.19. The molecule has 104 valence electrons. The molecule has 20 heavy (non-hydrogen) atoms. The van der Waals surface area contributed by atoms with E-state index in [2.05, 4.69) is 14.7 Å². The Morgan fingerprint density at radius 2 is 2.20 bits per heavy atom. The number of benzene rings is 1. The number of hydrogen-bond donors (Lipinski definition) is 1. The summed E-state index contributed by atoms with van der Waals surface area (Å²) in [4.78, 5) is 14.1. The van der Waals surface area contributed by atoms with Crippen LogP contribution in [-0.2, 0) is 10.2 Å². The monoisotopic (exact) mass is 295 g/mol. The van der Waals surface area contributed by atoms with E-state index < -0.39 is 28.3 Å². The minimum atomic E-state index is -4.40. The predicted octanol–water partition coefficient (Wildman–Crippen LogP) is 1.07. The maximum absolute atomic E-state index is 11.9. The molecule has 2 aliphatic rings. The van der Waals surface area contributed by atoms with Crippen LogP contribution in [0.1, 0.15) is 11.6 Å². The van der Waals surface area contributed by atoms with Crippen LogP contribution in [0, 0.1) is 0 Å². The Labute approximate surface area is 113 Å². The summed E-state index contributed by atoms with van der Waals surface area (Å²) in [5.74, 6) is 0.506. The van der Waals surface area contributed by atoms with E-state index in [1.165, 1.54) is 0 Å². The number of carbonyl (C=O) groups is 1. The summed E-state index contributed by atoms with van der Waals surface area (Å²) < 4.78 is 32.6. The largest absolute Gasteiger partial charge is 0.491 e. The number of fused-ring (bicyclic) bond motifs is 3.